The van der Waals surface area contributed by atoms with Gasteiger partial charge in [0, 0.05) is 17.7 Å². The van der Waals surface area contributed by atoms with Crippen LogP contribution in [0.2, 0.25) is 0 Å². The standard InChI is InChI=1S/C17H16N4O4/c18-16(25)9-7-19-21-15(8-4-5-11(22)13(24)6-8)14-10(20-17(9)21)2-1-3-12(14)23/h4-7,15,20,22,24H,1-3H2,(H2,18,25). The molecule has 2 heterocycles. The molecule has 0 saturated heterocycles. The van der Waals surface area contributed by atoms with Gasteiger partial charge in [-0.15, -0.1) is 0 Å². The molecule has 2 aliphatic rings. The van der Waals surface area contributed by atoms with Gasteiger partial charge in [-0.3, -0.25) is 9.59 Å². The molecule has 0 fully saturated rings. The third-order valence-corrected chi connectivity index (χ3v) is 4.62. The lowest BCUT2D eigenvalue weighted by atomic mass is 9.85. The van der Waals surface area contributed by atoms with Crippen molar-refractivity contribution in [3.05, 3.63) is 46.8 Å². The molecule has 1 unspecified atom stereocenters. The van der Waals surface area contributed by atoms with Gasteiger partial charge in [-0.2, -0.15) is 5.10 Å². The summed E-state index contributed by atoms with van der Waals surface area (Å²) in [4.78, 5) is 24.2. The van der Waals surface area contributed by atoms with Gasteiger partial charge in [0.25, 0.3) is 5.91 Å². The van der Waals surface area contributed by atoms with Crippen LogP contribution >= 0.6 is 0 Å². The summed E-state index contributed by atoms with van der Waals surface area (Å²) in [5.74, 6) is -0.732. The van der Waals surface area contributed by atoms with Gasteiger partial charge in [0.15, 0.2) is 17.3 Å². The lowest BCUT2D eigenvalue weighted by Gasteiger charge is -2.33. The van der Waals surface area contributed by atoms with E-state index in [1.54, 1.807) is 6.07 Å². The van der Waals surface area contributed by atoms with E-state index in [-0.39, 0.29) is 22.8 Å². The van der Waals surface area contributed by atoms with E-state index in [1.165, 1.54) is 23.0 Å². The van der Waals surface area contributed by atoms with Crippen LogP contribution in [-0.2, 0) is 4.79 Å². The summed E-state index contributed by atoms with van der Waals surface area (Å²) >= 11 is 0. The Bertz CT molecular complexity index is 944. The SMILES string of the molecule is NC(=O)c1cnn2c1NC1=C(C(=O)CCC1)C2c1ccc(O)c(O)c1. The monoisotopic (exact) mass is 340 g/mol. The highest BCUT2D eigenvalue weighted by atomic mass is 16.3. The Balaban J connectivity index is 1.95. The zero-order valence-electron chi connectivity index (χ0n) is 13.2. The van der Waals surface area contributed by atoms with Crippen molar-refractivity contribution in [1.29, 1.82) is 0 Å². The van der Waals surface area contributed by atoms with Crippen molar-refractivity contribution in [2.45, 2.75) is 25.3 Å². The number of nitrogens with zero attached hydrogens (tertiary/aromatic N) is 2. The Hall–Kier alpha value is -3.29. The number of allylic oxidation sites excluding steroid dienone is 2. The van der Waals surface area contributed by atoms with Gasteiger partial charge in [-0.05, 0) is 30.5 Å². The van der Waals surface area contributed by atoms with Crippen LogP contribution in [0.4, 0.5) is 5.82 Å². The summed E-state index contributed by atoms with van der Waals surface area (Å²) in [7, 11) is 0. The minimum atomic E-state index is -0.618. The number of primary amides is 1. The number of benzene rings is 1. The third kappa shape index (κ3) is 2.25. The maximum atomic E-state index is 12.6. The predicted molar refractivity (Wildman–Crippen MR) is 88.2 cm³/mol. The number of rotatable bonds is 2. The van der Waals surface area contributed by atoms with Crippen LogP contribution in [0.5, 0.6) is 11.5 Å². The Morgan fingerprint density at radius 2 is 2.08 bits per heavy atom. The van der Waals surface area contributed by atoms with Gasteiger partial charge in [0.2, 0.25) is 0 Å². The Morgan fingerprint density at radius 1 is 1.28 bits per heavy atom. The number of phenols is 2. The number of nitrogens with one attached hydrogen (secondary N) is 1. The molecule has 25 heavy (non-hydrogen) atoms. The number of Topliss-reactive ketones (excluding diaryl/α,β-unsaturated/α-hetero) is 1. The number of fused-ring (bicyclic) bond motifs is 1. The second-order valence-corrected chi connectivity index (χ2v) is 6.16. The first-order chi connectivity index (χ1) is 12.0. The number of nitrogens with two attached hydrogens (primary N) is 1. The number of carbonyl (C=O) groups is 2. The van der Waals surface area contributed by atoms with Crippen molar-refractivity contribution in [1.82, 2.24) is 9.78 Å². The molecule has 128 valence electrons. The van der Waals surface area contributed by atoms with E-state index in [4.69, 9.17) is 5.73 Å². The van der Waals surface area contributed by atoms with E-state index < -0.39 is 11.9 Å². The molecule has 1 aliphatic carbocycles. The van der Waals surface area contributed by atoms with Crippen molar-refractivity contribution in [2.75, 3.05) is 5.32 Å². The molecular weight excluding hydrogens is 324 g/mol. The fourth-order valence-electron chi connectivity index (χ4n) is 3.46. The largest absolute Gasteiger partial charge is 0.504 e. The van der Waals surface area contributed by atoms with Crippen LogP contribution in [0, 0.1) is 0 Å². The van der Waals surface area contributed by atoms with E-state index in [2.05, 4.69) is 10.4 Å². The maximum Gasteiger partial charge on any atom is 0.254 e. The number of aromatic hydroxyl groups is 2. The molecule has 1 amide bonds. The molecule has 8 nitrogen and oxygen atoms in total. The maximum absolute atomic E-state index is 12.6. The zero-order valence-corrected chi connectivity index (χ0v) is 13.2. The smallest absolute Gasteiger partial charge is 0.254 e. The first-order valence-electron chi connectivity index (χ1n) is 7.90. The average molecular weight is 340 g/mol. The highest BCUT2D eigenvalue weighted by molar-refractivity contribution is 6.02. The third-order valence-electron chi connectivity index (χ3n) is 4.62. The molecule has 0 saturated carbocycles. The number of anilines is 1. The predicted octanol–water partition coefficient (Wildman–Crippen LogP) is 1.42. The van der Waals surface area contributed by atoms with Gasteiger partial charge >= 0.3 is 0 Å². The van der Waals surface area contributed by atoms with E-state index in [9.17, 15) is 19.8 Å². The number of aromatic nitrogens is 2. The number of ketones is 1. The van der Waals surface area contributed by atoms with Crippen LogP contribution in [0.1, 0.15) is 41.2 Å². The van der Waals surface area contributed by atoms with E-state index in [0.29, 0.717) is 29.8 Å². The Morgan fingerprint density at radius 3 is 2.80 bits per heavy atom. The van der Waals surface area contributed by atoms with Crippen LogP contribution < -0.4 is 11.1 Å². The number of carbonyl (C=O) groups excluding carboxylic acids is 2. The van der Waals surface area contributed by atoms with Crippen LogP contribution in [0.3, 0.4) is 0 Å². The lowest BCUT2D eigenvalue weighted by molar-refractivity contribution is -0.116. The molecule has 4 rings (SSSR count). The van der Waals surface area contributed by atoms with Gasteiger partial charge in [-0.1, -0.05) is 6.07 Å². The summed E-state index contributed by atoms with van der Waals surface area (Å²) in [6.07, 6.45) is 3.19. The summed E-state index contributed by atoms with van der Waals surface area (Å²) in [6.45, 7) is 0. The van der Waals surface area contributed by atoms with Gasteiger partial charge in [-0.25, -0.2) is 4.68 Å². The molecule has 1 atom stereocenters. The van der Waals surface area contributed by atoms with Gasteiger partial charge in [0.1, 0.15) is 17.4 Å². The zero-order chi connectivity index (χ0) is 17.7. The molecular formula is C17H16N4O4. The number of amides is 1. The molecule has 0 bridgehead atoms. The minimum Gasteiger partial charge on any atom is -0.504 e. The molecule has 0 spiro atoms. The normalized spacial score (nSPS) is 19.2. The van der Waals surface area contributed by atoms with Crippen molar-refractivity contribution in [2.24, 2.45) is 5.73 Å². The van der Waals surface area contributed by atoms with Crippen molar-refractivity contribution in [3.8, 4) is 11.5 Å². The number of hydrogen-bond donors (Lipinski definition) is 4. The van der Waals surface area contributed by atoms with Crippen molar-refractivity contribution in [3.63, 3.8) is 0 Å². The van der Waals surface area contributed by atoms with E-state index in [0.717, 1.165) is 12.1 Å². The molecule has 1 aliphatic heterocycles. The molecule has 8 heteroatoms. The molecule has 1 aromatic heterocycles. The minimum absolute atomic E-state index is 0.00640. The summed E-state index contributed by atoms with van der Waals surface area (Å²) < 4.78 is 1.52. The number of phenolic OH excluding ortho intramolecular Hbond substituents is 2. The molecule has 2 aromatic rings. The summed E-state index contributed by atoms with van der Waals surface area (Å²) in [5.41, 5.74) is 7.53. The second-order valence-electron chi connectivity index (χ2n) is 6.16. The van der Waals surface area contributed by atoms with Gasteiger partial charge in [0.05, 0.1) is 6.20 Å². The van der Waals surface area contributed by atoms with Crippen molar-refractivity contribution < 1.29 is 19.8 Å². The van der Waals surface area contributed by atoms with E-state index in [1.807, 2.05) is 0 Å². The fourth-order valence-corrected chi connectivity index (χ4v) is 3.46. The highest BCUT2D eigenvalue weighted by Crippen LogP contribution is 2.42. The lowest BCUT2D eigenvalue weighted by Crippen LogP contribution is -2.32. The Kier molecular flexibility index (Phi) is 3.28. The fraction of sp³-hybridized carbons (Fsp3) is 0.235. The topological polar surface area (TPSA) is 130 Å². The summed E-state index contributed by atoms with van der Waals surface area (Å²) in [6, 6.07) is 3.78. The first-order valence-corrected chi connectivity index (χ1v) is 7.90. The van der Waals surface area contributed by atoms with Crippen LogP contribution in [0.25, 0.3) is 0 Å². The highest BCUT2D eigenvalue weighted by Gasteiger charge is 2.37. The van der Waals surface area contributed by atoms with Crippen LogP contribution in [-0.4, -0.2) is 31.7 Å². The van der Waals surface area contributed by atoms with Gasteiger partial charge < -0.3 is 21.3 Å². The first kappa shape index (κ1) is 15.3. The second kappa shape index (κ2) is 5.37. The van der Waals surface area contributed by atoms with Crippen molar-refractivity contribution >= 4 is 17.5 Å². The quantitative estimate of drug-likeness (QED) is 0.612. The van der Waals surface area contributed by atoms with Crippen LogP contribution in [0.15, 0.2) is 35.7 Å². The average Bonchev–Trinajstić information content (AvgIpc) is 2.99. The molecule has 0 radical (unpaired) electrons. The number of hydrogen-bond acceptors (Lipinski definition) is 6. The Labute approximate surface area is 142 Å². The molecule has 5 N–H and O–H groups in total. The molecule has 1 aromatic carbocycles. The van der Waals surface area contributed by atoms with E-state index >= 15 is 0 Å². The summed E-state index contributed by atoms with van der Waals surface area (Å²) in [5, 5.41) is 26.8.